The van der Waals surface area contributed by atoms with E-state index in [0.29, 0.717) is 23.1 Å². The minimum atomic E-state index is -0.324. The number of carbonyl (C=O) groups is 1. The third-order valence-corrected chi connectivity index (χ3v) is 4.74. The van der Waals surface area contributed by atoms with Gasteiger partial charge in [-0.2, -0.15) is 0 Å². The van der Waals surface area contributed by atoms with Crippen molar-refractivity contribution < 1.29 is 9.53 Å². The number of fused-ring (bicyclic) bond motifs is 1. The van der Waals surface area contributed by atoms with Crippen molar-refractivity contribution in [1.29, 1.82) is 0 Å². The number of hydrogen-bond acceptors (Lipinski definition) is 5. The van der Waals surface area contributed by atoms with Gasteiger partial charge in [0.05, 0.1) is 0 Å². The first-order valence-corrected chi connectivity index (χ1v) is 9.90. The first-order valence-electron chi connectivity index (χ1n) is 9.90. The molecule has 2 heterocycles. The minimum Gasteiger partial charge on any atom is -0.438 e. The van der Waals surface area contributed by atoms with Gasteiger partial charge in [0.15, 0.2) is 5.82 Å². The second kappa shape index (κ2) is 8.57. The number of nitrogens with zero attached hydrogens (tertiary/aromatic N) is 4. The molecule has 8 heteroatoms. The van der Waals surface area contributed by atoms with E-state index in [9.17, 15) is 4.79 Å². The predicted molar refractivity (Wildman–Crippen MR) is 122 cm³/mol. The fourth-order valence-corrected chi connectivity index (χ4v) is 3.19. The summed E-state index contributed by atoms with van der Waals surface area (Å²) >= 11 is 0. The summed E-state index contributed by atoms with van der Waals surface area (Å²) in [4.78, 5) is 16.3. The van der Waals surface area contributed by atoms with Crippen LogP contribution in [-0.2, 0) is 0 Å². The summed E-state index contributed by atoms with van der Waals surface area (Å²) in [5.74, 6) is 1.59. The lowest BCUT2D eigenvalue weighted by atomic mass is 10.1. The van der Waals surface area contributed by atoms with E-state index >= 15 is 0 Å². The second-order valence-electron chi connectivity index (χ2n) is 6.97. The zero-order chi connectivity index (χ0) is 21.8. The zero-order valence-corrected chi connectivity index (χ0v) is 16.8. The minimum absolute atomic E-state index is 0.324. The molecule has 0 aliphatic heterocycles. The molecule has 2 N–H and O–H groups in total. The van der Waals surface area contributed by atoms with E-state index < -0.39 is 0 Å². The number of ether oxygens (including phenoxy) is 1. The van der Waals surface area contributed by atoms with Gasteiger partial charge in [-0.3, -0.25) is 4.57 Å². The molecule has 5 rings (SSSR count). The number of benzene rings is 3. The van der Waals surface area contributed by atoms with Crippen molar-refractivity contribution >= 4 is 28.2 Å². The van der Waals surface area contributed by atoms with Crippen LogP contribution in [0.25, 0.3) is 16.6 Å². The molecule has 0 aliphatic carbocycles. The highest BCUT2D eigenvalue weighted by atomic mass is 16.5. The third kappa shape index (κ3) is 4.39. The summed E-state index contributed by atoms with van der Waals surface area (Å²) in [5.41, 5.74) is 1.36. The second-order valence-corrected chi connectivity index (χ2v) is 6.97. The van der Waals surface area contributed by atoms with E-state index in [1.807, 2.05) is 42.5 Å². The Hall–Kier alpha value is -4.72. The molecule has 156 valence electrons. The summed E-state index contributed by atoms with van der Waals surface area (Å²) in [6, 6.07) is 24.0. The maximum absolute atomic E-state index is 12.3. The van der Waals surface area contributed by atoms with Crippen LogP contribution in [-0.4, -0.2) is 25.8 Å². The van der Waals surface area contributed by atoms with Crippen LogP contribution in [0.4, 0.5) is 16.2 Å². The standard InChI is InChI=1S/C24H18N6O2/c31-24(27-20-6-5-17-3-1-2-4-18(17)15-20)26-19-7-9-21(10-8-19)32-23-12-11-22(28-29-23)30-14-13-25-16-30/h1-16H,(H2,26,27,31). The van der Waals surface area contributed by atoms with Gasteiger partial charge in [0, 0.05) is 29.8 Å². The number of anilines is 2. The number of rotatable bonds is 5. The van der Waals surface area contributed by atoms with Crippen molar-refractivity contribution in [1.82, 2.24) is 19.7 Å². The number of aromatic nitrogens is 4. The molecule has 0 unspecified atom stereocenters. The Kier molecular flexibility index (Phi) is 5.15. The Balaban J connectivity index is 1.19. The highest BCUT2D eigenvalue weighted by molar-refractivity contribution is 6.01. The SMILES string of the molecule is O=C(Nc1ccc(Oc2ccc(-n3ccnc3)nn2)cc1)Nc1ccc2ccccc2c1. The predicted octanol–water partition coefficient (Wildman–Crippen LogP) is 5.25. The molecule has 32 heavy (non-hydrogen) atoms. The quantitative estimate of drug-likeness (QED) is 0.403. The molecule has 0 fully saturated rings. The van der Waals surface area contributed by atoms with E-state index in [2.05, 4.69) is 25.8 Å². The van der Waals surface area contributed by atoms with E-state index in [-0.39, 0.29) is 6.03 Å². The van der Waals surface area contributed by atoms with Crippen molar-refractivity contribution in [3.63, 3.8) is 0 Å². The molecule has 2 amide bonds. The Labute approximate surface area is 183 Å². The molecule has 0 saturated carbocycles. The van der Waals surface area contributed by atoms with Gasteiger partial charge in [-0.15, -0.1) is 10.2 Å². The van der Waals surface area contributed by atoms with Crippen LogP contribution < -0.4 is 15.4 Å². The van der Waals surface area contributed by atoms with E-state index in [1.54, 1.807) is 59.7 Å². The lowest BCUT2D eigenvalue weighted by Gasteiger charge is -2.10. The monoisotopic (exact) mass is 422 g/mol. The molecular formula is C24H18N6O2. The van der Waals surface area contributed by atoms with Crippen LogP contribution in [0, 0.1) is 0 Å². The summed E-state index contributed by atoms with van der Waals surface area (Å²) in [5, 5.41) is 16.0. The lowest BCUT2D eigenvalue weighted by molar-refractivity contribution is 0.262. The summed E-state index contributed by atoms with van der Waals surface area (Å²) in [7, 11) is 0. The van der Waals surface area contributed by atoms with Crippen molar-refractivity contribution in [2.75, 3.05) is 10.6 Å². The van der Waals surface area contributed by atoms with Gasteiger partial charge < -0.3 is 15.4 Å². The normalized spacial score (nSPS) is 10.6. The van der Waals surface area contributed by atoms with Crippen LogP contribution in [0.3, 0.4) is 0 Å². The molecule has 0 radical (unpaired) electrons. The maximum Gasteiger partial charge on any atom is 0.323 e. The topological polar surface area (TPSA) is 94.0 Å². The van der Waals surface area contributed by atoms with E-state index in [0.717, 1.165) is 16.5 Å². The molecule has 0 aliphatic rings. The average Bonchev–Trinajstić information content (AvgIpc) is 3.36. The number of hydrogen-bond donors (Lipinski definition) is 2. The van der Waals surface area contributed by atoms with Gasteiger partial charge in [0.25, 0.3) is 0 Å². The van der Waals surface area contributed by atoms with Crippen molar-refractivity contribution in [2.45, 2.75) is 0 Å². The number of urea groups is 1. The molecule has 0 bridgehead atoms. The largest absolute Gasteiger partial charge is 0.438 e. The molecule has 0 spiro atoms. The van der Waals surface area contributed by atoms with Gasteiger partial charge in [0.2, 0.25) is 5.88 Å². The maximum atomic E-state index is 12.3. The van der Waals surface area contributed by atoms with E-state index in [4.69, 9.17) is 4.74 Å². The van der Waals surface area contributed by atoms with E-state index in [1.165, 1.54) is 0 Å². The Morgan fingerprint density at radius 1 is 0.812 bits per heavy atom. The molecular weight excluding hydrogens is 404 g/mol. The first kappa shape index (κ1) is 19.3. The molecule has 2 aromatic heterocycles. The van der Waals surface area contributed by atoms with Crippen LogP contribution in [0.5, 0.6) is 11.6 Å². The Morgan fingerprint density at radius 3 is 2.34 bits per heavy atom. The van der Waals surface area contributed by atoms with Crippen LogP contribution in [0.2, 0.25) is 0 Å². The lowest BCUT2D eigenvalue weighted by Crippen LogP contribution is -2.19. The fraction of sp³-hybridized carbons (Fsp3) is 0. The molecule has 5 aromatic rings. The summed E-state index contributed by atoms with van der Waals surface area (Å²) < 4.78 is 7.47. The van der Waals surface area contributed by atoms with Crippen molar-refractivity contribution in [3.05, 3.63) is 97.6 Å². The molecule has 3 aromatic carbocycles. The molecule has 0 atom stereocenters. The number of carbonyl (C=O) groups excluding carboxylic acids is 1. The van der Waals surface area contributed by atoms with Gasteiger partial charge in [-0.05, 0) is 53.2 Å². The molecule has 8 nitrogen and oxygen atoms in total. The van der Waals surface area contributed by atoms with Gasteiger partial charge >= 0.3 is 6.03 Å². The van der Waals surface area contributed by atoms with Crippen LogP contribution in [0.15, 0.2) is 97.6 Å². The summed E-state index contributed by atoms with van der Waals surface area (Å²) in [6.45, 7) is 0. The number of nitrogens with one attached hydrogen (secondary N) is 2. The number of imidazole rings is 1. The van der Waals surface area contributed by atoms with Gasteiger partial charge in [-0.1, -0.05) is 30.3 Å². The smallest absolute Gasteiger partial charge is 0.323 e. The summed E-state index contributed by atoms with van der Waals surface area (Å²) in [6.07, 6.45) is 5.10. The average molecular weight is 422 g/mol. The Bertz CT molecular complexity index is 1350. The van der Waals surface area contributed by atoms with Crippen molar-refractivity contribution in [3.8, 4) is 17.4 Å². The Morgan fingerprint density at radius 2 is 1.59 bits per heavy atom. The molecule has 0 saturated heterocycles. The van der Waals surface area contributed by atoms with Gasteiger partial charge in [-0.25, -0.2) is 9.78 Å². The third-order valence-electron chi connectivity index (χ3n) is 4.74. The highest BCUT2D eigenvalue weighted by Gasteiger charge is 2.06. The van der Waals surface area contributed by atoms with Crippen LogP contribution >= 0.6 is 0 Å². The van der Waals surface area contributed by atoms with Gasteiger partial charge in [0.1, 0.15) is 12.1 Å². The highest BCUT2D eigenvalue weighted by Crippen LogP contribution is 2.22. The van der Waals surface area contributed by atoms with Crippen molar-refractivity contribution in [2.24, 2.45) is 0 Å². The fourth-order valence-electron chi connectivity index (χ4n) is 3.19. The zero-order valence-electron chi connectivity index (χ0n) is 16.8. The van der Waals surface area contributed by atoms with Crippen LogP contribution in [0.1, 0.15) is 0 Å². The number of amides is 2. The first-order chi connectivity index (χ1) is 15.7.